The average molecular weight is 230 g/mol. The monoisotopic (exact) mass is 230 g/mol. The maximum atomic E-state index is 12.1. The van der Waals surface area contributed by atoms with Gasteiger partial charge in [-0.1, -0.05) is 20.3 Å². The van der Waals surface area contributed by atoms with E-state index in [0.717, 1.165) is 19.4 Å². The Kier molecular flexibility index (Phi) is 8.21. The van der Waals surface area contributed by atoms with Gasteiger partial charge in [0, 0.05) is 26.2 Å². The summed E-state index contributed by atoms with van der Waals surface area (Å²) in [7, 11) is 1.65. The molecule has 0 aromatic heterocycles. The summed E-state index contributed by atoms with van der Waals surface area (Å²) in [5.41, 5.74) is 5.75. The largest absolute Gasteiger partial charge is 0.383 e. The maximum Gasteiger partial charge on any atom is 0.227 e. The van der Waals surface area contributed by atoms with Gasteiger partial charge < -0.3 is 15.4 Å². The molecule has 96 valence electrons. The van der Waals surface area contributed by atoms with E-state index < -0.39 is 0 Å². The summed E-state index contributed by atoms with van der Waals surface area (Å²) in [5, 5.41) is 0. The van der Waals surface area contributed by atoms with Gasteiger partial charge in [-0.3, -0.25) is 4.79 Å². The third-order valence-corrected chi connectivity index (χ3v) is 2.84. The molecule has 2 atom stereocenters. The number of hydrogen-bond donors (Lipinski definition) is 1. The van der Waals surface area contributed by atoms with Gasteiger partial charge in [-0.05, 0) is 13.3 Å². The Morgan fingerprint density at radius 2 is 2.00 bits per heavy atom. The number of ether oxygens (including phenoxy) is 1. The van der Waals surface area contributed by atoms with E-state index in [0.29, 0.717) is 13.2 Å². The first kappa shape index (κ1) is 15.4. The standard InChI is InChI=1S/C12H26N2O2/c1-5-6-7-14(8-9-16-4)12(15)10(2)11(3)13/h10-11H,5-9,13H2,1-4H3. The Balaban J connectivity index is 4.29. The molecular weight excluding hydrogens is 204 g/mol. The molecule has 0 fully saturated rings. The van der Waals surface area contributed by atoms with Gasteiger partial charge in [-0.15, -0.1) is 0 Å². The fourth-order valence-electron chi connectivity index (χ4n) is 1.40. The number of amides is 1. The Labute approximate surface area is 99.1 Å². The Morgan fingerprint density at radius 3 is 2.44 bits per heavy atom. The number of rotatable bonds is 8. The number of nitrogens with zero attached hydrogens (tertiary/aromatic N) is 1. The molecule has 0 aliphatic heterocycles. The number of methoxy groups -OCH3 is 1. The van der Waals surface area contributed by atoms with Crippen molar-refractivity contribution in [1.29, 1.82) is 0 Å². The van der Waals surface area contributed by atoms with E-state index in [4.69, 9.17) is 10.5 Å². The summed E-state index contributed by atoms with van der Waals surface area (Å²) in [6.45, 7) is 7.92. The van der Waals surface area contributed by atoms with Crippen LogP contribution < -0.4 is 5.73 Å². The van der Waals surface area contributed by atoms with Crippen molar-refractivity contribution < 1.29 is 9.53 Å². The number of hydrogen-bond acceptors (Lipinski definition) is 3. The van der Waals surface area contributed by atoms with Crippen LogP contribution in [0.1, 0.15) is 33.6 Å². The molecule has 4 heteroatoms. The summed E-state index contributed by atoms with van der Waals surface area (Å²) in [4.78, 5) is 13.9. The quantitative estimate of drug-likeness (QED) is 0.682. The lowest BCUT2D eigenvalue weighted by atomic mass is 10.0. The number of nitrogens with two attached hydrogens (primary N) is 1. The van der Waals surface area contributed by atoms with Crippen LogP contribution in [0.25, 0.3) is 0 Å². The summed E-state index contributed by atoms with van der Waals surface area (Å²) < 4.78 is 5.02. The number of carbonyl (C=O) groups excluding carboxylic acids is 1. The summed E-state index contributed by atoms with van der Waals surface area (Å²) in [6, 6.07) is -0.0980. The molecule has 0 saturated heterocycles. The zero-order valence-electron chi connectivity index (χ0n) is 11.0. The van der Waals surface area contributed by atoms with Gasteiger partial charge in [0.25, 0.3) is 0 Å². The Hall–Kier alpha value is -0.610. The number of unbranched alkanes of at least 4 members (excludes halogenated alkanes) is 1. The highest BCUT2D eigenvalue weighted by atomic mass is 16.5. The lowest BCUT2D eigenvalue weighted by Crippen LogP contribution is -2.43. The van der Waals surface area contributed by atoms with Crippen LogP contribution in [0.5, 0.6) is 0 Å². The second kappa shape index (κ2) is 8.53. The Bertz CT molecular complexity index is 187. The zero-order chi connectivity index (χ0) is 12.6. The maximum absolute atomic E-state index is 12.1. The highest BCUT2D eigenvalue weighted by molar-refractivity contribution is 5.79. The van der Waals surface area contributed by atoms with Crippen molar-refractivity contribution in [3.8, 4) is 0 Å². The highest BCUT2D eigenvalue weighted by Crippen LogP contribution is 2.07. The Morgan fingerprint density at radius 1 is 1.38 bits per heavy atom. The van der Waals surface area contributed by atoms with E-state index >= 15 is 0 Å². The molecule has 0 saturated carbocycles. The summed E-state index contributed by atoms with van der Waals surface area (Å²) in [5.74, 6) is 0.0224. The van der Waals surface area contributed by atoms with E-state index in [1.807, 2.05) is 18.7 Å². The second-order valence-electron chi connectivity index (χ2n) is 4.32. The molecule has 0 rings (SSSR count). The first-order valence-corrected chi connectivity index (χ1v) is 6.07. The van der Waals surface area contributed by atoms with Crippen molar-refractivity contribution in [3.05, 3.63) is 0 Å². The van der Waals surface area contributed by atoms with Gasteiger partial charge in [-0.25, -0.2) is 0 Å². The first-order valence-electron chi connectivity index (χ1n) is 6.07. The van der Waals surface area contributed by atoms with E-state index in [-0.39, 0.29) is 17.9 Å². The molecule has 0 aliphatic rings. The SMILES string of the molecule is CCCCN(CCOC)C(=O)C(C)C(C)N. The van der Waals surface area contributed by atoms with Gasteiger partial charge in [0.15, 0.2) is 0 Å². The van der Waals surface area contributed by atoms with E-state index in [1.165, 1.54) is 0 Å². The molecule has 0 radical (unpaired) electrons. The minimum Gasteiger partial charge on any atom is -0.383 e. The third kappa shape index (κ3) is 5.47. The van der Waals surface area contributed by atoms with E-state index in [2.05, 4.69) is 6.92 Å². The van der Waals surface area contributed by atoms with Crippen LogP contribution in [-0.2, 0) is 9.53 Å². The van der Waals surface area contributed by atoms with Crippen LogP contribution in [-0.4, -0.2) is 43.7 Å². The third-order valence-electron chi connectivity index (χ3n) is 2.84. The van der Waals surface area contributed by atoms with E-state index in [9.17, 15) is 4.79 Å². The van der Waals surface area contributed by atoms with Gasteiger partial charge in [-0.2, -0.15) is 0 Å². The highest BCUT2D eigenvalue weighted by Gasteiger charge is 2.22. The van der Waals surface area contributed by atoms with E-state index in [1.54, 1.807) is 7.11 Å². The molecule has 4 nitrogen and oxygen atoms in total. The average Bonchev–Trinajstić information content (AvgIpc) is 2.27. The zero-order valence-corrected chi connectivity index (χ0v) is 11.0. The molecule has 16 heavy (non-hydrogen) atoms. The predicted molar refractivity (Wildman–Crippen MR) is 66.2 cm³/mol. The predicted octanol–water partition coefficient (Wildman–Crippen LogP) is 1.24. The molecule has 0 spiro atoms. The van der Waals surface area contributed by atoms with Crippen molar-refractivity contribution in [2.24, 2.45) is 11.7 Å². The lowest BCUT2D eigenvalue weighted by molar-refractivity contribution is -0.136. The first-order chi connectivity index (χ1) is 7.54. The molecule has 0 aromatic rings. The van der Waals surface area contributed by atoms with Crippen molar-refractivity contribution >= 4 is 5.91 Å². The van der Waals surface area contributed by atoms with Crippen LogP contribution in [0.2, 0.25) is 0 Å². The van der Waals surface area contributed by atoms with Crippen LogP contribution in [0.3, 0.4) is 0 Å². The molecule has 1 amide bonds. The molecule has 0 bridgehead atoms. The van der Waals surface area contributed by atoms with Crippen LogP contribution in [0, 0.1) is 5.92 Å². The van der Waals surface area contributed by atoms with Gasteiger partial charge in [0.1, 0.15) is 0 Å². The summed E-state index contributed by atoms with van der Waals surface area (Å²) in [6.07, 6.45) is 2.12. The number of carbonyl (C=O) groups is 1. The normalized spacial score (nSPS) is 14.6. The summed E-state index contributed by atoms with van der Waals surface area (Å²) >= 11 is 0. The van der Waals surface area contributed by atoms with Crippen molar-refractivity contribution in [2.75, 3.05) is 26.8 Å². The van der Waals surface area contributed by atoms with Crippen LogP contribution in [0.15, 0.2) is 0 Å². The smallest absolute Gasteiger partial charge is 0.227 e. The fraction of sp³-hybridized carbons (Fsp3) is 0.917. The van der Waals surface area contributed by atoms with Gasteiger partial charge in [0.2, 0.25) is 5.91 Å². The van der Waals surface area contributed by atoms with Crippen LogP contribution in [0.4, 0.5) is 0 Å². The van der Waals surface area contributed by atoms with Crippen LogP contribution >= 0.6 is 0 Å². The van der Waals surface area contributed by atoms with Gasteiger partial charge in [0.05, 0.1) is 12.5 Å². The molecule has 0 aromatic carbocycles. The molecular formula is C12H26N2O2. The minimum absolute atomic E-state index is 0.0980. The molecule has 0 aliphatic carbocycles. The molecule has 2 N–H and O–H groups in total. The van der Waals surface area contributed by atoms with Crippen molar-refractivity contribution in [2.45, 2.75) is 39.7 Å². The molecule has 0 heterocycles. The second-order valence-corrected chi connectivity index (χ2v) is 4.32. The van der Waals surface area contributed by atoms with Gasteiger partial charge >= 0.3 is 0 Å². The molecule has 2 unspecified atom stereocenters. The van der Waals surface area contributed by atoms with Crippen molar-refractivity contribution in [3.63, 3.8) is 0 Å². The lowest BCUT2D eigenvalue weighted by Gasteiger charge is -2.27. The van der Waals surface area contributed by atoms with Crippen molar-refractivity contribution in [1.82, 2.24) is 4.90 Å². The topological polar surface area (TPSA) is 55.6 Å². The minimum atomic E-state index is -0.117. The fourth-order valence-corrected chi connectivity index (χ4v) is 1.40.